The van der Waals surface area contributed by atoms with Crippen LogP contribution in [0.5, 0.6) is 0 Å². The number of nitrogens with two attached hydrogens (primary N) is 1. The number of aryl methyl sites for hydroxylation is 2. The molecule has 1 amide bonds. The van der Waals surface area contributed by atoms with Crippen LogP contribution in [0.2, 0.25) is 0 Å². The van der Waals surface area contributed by atoms with Crippen LogP contribution in [0.3, 0.4) is 0 Å². The minimum Gasteiger partial charge on any atom is -0.395 e. The van der Waals surface area contributed by atoms with Crippen molar-refractivity contribution in [3.05, 3.63) is 11.4 Å². The lowest BCUT2D eigenvalue weighted by Gasteiger charge is -2.12. The monoisotopic (exact) mass is 270 g/mol. The lowest BCUT2D eigenvalue weighted by Crippen LogP contribution is -2.31. The highest BCUT2D eigenvalue weighted by molar-refractivity contribution is 7.98. The number of amides is 1. The van der Waals surface area contributed by atoms with Gasteiger partial charge in [0.1, 0.15) is 5.69 Å². The van der Waals surface area contributed by atoms with Gasteiger partial charge in [-0.2, -0.15) is 16.9 Å². The van der Waals surface area contributed by atoms with E-state index >= 15 is 0 Å². The lowest BCUT2D eigenvalue weighted by molar-refractivity contribution is 0.0939. The maximum absolute atomic E-state index is 12.1. The van der Waals surface area contributed by atoms with Crippen LogP contribution in [-0.2, 0) is 6.54 Å². The highest BCUT2D eigenvalue weighted by Crippen LogP contribution is 2.16. The molecule has 1 atom stereocenters. The van der Waals surface area contributed by atoms with Crippen molar-refractivity contribution in [2.75, 3.05) is 24.3 Å². The molecule has 1 unspecified atom stereocenters. The van der Waals surface area contributed by atoms with Crippen LogP contribution in [-0.4, -0.2) is 34.2 Å². The fraction of sp³-hybridized carbons (Fsp3) is 0.667. The highest BCUT2D eigenvalue weighted by Gasteiger charge is 2.19. The van der Waals surface area contributed by atoms with Crippen molar-refractivity contribution in [2.24, 2.45) is 5.92 Å². The van der Waals surface area contributed by atoms with Gasteiger partial charge in [0, 0.05) is 13.1 Å². The van der Waals surface area contributed by atoms with Crippen LogP contribution < -0.4 is 11.1 Å². The van der Waals surface area contributed by atoms with Gasteiger partial charge in [-0.15, -0.1) is 0 Å². The fourth-order valence-corrected chi connectivity index (χ4v) is 2.44. The van der Waals surface area contributed by atoms with Gasteiger partial charge in [-0.25, -0.2) is 0 Å². The number of anilines is 1. The van der Waals surface area contributed by atoms with Crippen LogP contribution in [0.4, 0.5) is 5.69 Å². The van der Waals surface area contributed by atoms with Crippen molar-refractivity contribution < 1.29 is 4.79 Å². The molecular formula is C12H22N4OS. The molecule has 6 heteroatoms. The van der Waals surface area contributed by atoms with Gasteiger partial charge in [-0.1, -0.05) is 6.92 Å². The Morgan fingerprint density at radius 2 is 2.28 bits per heavy atom. The van der Waals surface area contributed by atoms with Crippen molar-refractivity contribution in [1.82, 2.24) is 15.1 Å². The van der Waals surface area contributed by atoms with E-state index in [1.807, 2.05) is 13.8 Å². The summed E-state index contributed by atoms with van der Waals surface area (Å²) in [6, 6.07) is 0. The third-order valence-electron chi connectivity index (χ3n) is 2.75. The van der Waals surface area contributed by atoms with Gasteiger partial charge in [-0.05, 0) is 31.8 Å². The molecule has 0 fully saturated rings. The molecule has 1 heterocycles. The molecule has 3 N–H and O–H groups in total. The van der Waals surface area contributed by atoms with E-state index in [2.05, 4.69) is 23.6 Å². The van der Waals surface area contributed by atoms with Gasteiger partial charge in [0.15, 0.2) is 0 Å². The Morgan fingerprint density at radius 3 is 2.83 bits per heavy atom. The lowest BCUT2D eigenvalue weighted by atomic mass is 10.2. The smallest absolute Gasteiger partial charge is 0.271 e. The Hall–Kier alpha value is -1.17. The van der Waals surface area contributed by atoms with E-state index < -0.39 is 0 Å². The molecule has 102 valence electrons. The predicted molar refractivity (Wildman–Crippen MR) is 76.9 cm³/mol. The van der Waals surface area contributed by atoms with E-state index in [9.17, 15) is 4.79 Å². The van der Waals surface area contributed by atoms with E-state index in [0.29, 0.717) is 36.1 Å². The first-order valence-electron chi connectivity index (χ1n) is 6.11. The molecule has 0 aliphatic heterocycles. The molecule has 0 saturated heterocycles. The number of nitrogen functional groups attached to an aromatic ring is 1. The van der Waals surface area contributed by atoms with E-state index in [4.69, 9.17) is 5.73 Å². The van der Waals surface area contributed by atoms with Crippen LogP contribution in [0.25, 0.3) is 0 Å². The van der Waals surface area contributed by atoms with Crippen LogP contribution >= 0.6 is 11.8 Å². The molecule has 1 rings (SSSR count). The Kier molecular flexibility index (Phi) is 5.53. The topological polar surface area (TPSA) is 72.9 Å². The molecule has 0 bridgehead atoms. The molecule has 1 aromatic heterocycles. The Labute approximate surface area is 112 Å². The molecule has 0 saturated carbocycles. The molecule has 0 aliphatic rings. The summed E-state index contributed by atoms with van der Waals surface area (Å²) in [5.41, 5.74) is 7.56. The summed E-state index contributed by atoms with van der Waals surface area (Å²) < 4.78 is 1.65. The van der Waals surface area contributed by atoms with Gasteiger partial charge in [0.2, 0.25) is 0 Å². The zero-order chi connectivity index (χ0) is 13.7. The summed E-state index contributed by atoms with van der Waals surface area (Å²) in [6.45, 7) is 7.17. The zero-order valence-electron chi connectivity index (χ0n) is 11.5. The first kappa shape index (κ1) is 14.9. The van der Waals surface area contributed by atoms with Crippen LogP contribution in [0.15, 0.2) is 0 Å². The number of thioether (sulfide) groups is 1. The second-order valence-electron chi connectivity index (χ2n) is 4.43. The zero-order valence-corrected chi connectivity index (χ0v) is 12.3. The quantitative estimate of drug-likeness (QED) is 0.822. The van der Waals surface area contributed by atoms with Gasteiger partial charge in [-0.3, -0.25) is 9.48 Å². The maximum atomic E-state index is 12.1. The van der Waals surface area contributed by atoms with Crippen molar-refractivity contribution >= 4 is 23.4 Å². The average Bonchev–Trinajstić information content (AvgIpc) is 2.63. The van der Waals surface area contributed by atoms with Crippen molar-refractivity contribution in [1.29, 1.82) is 0 Å². The van der Waals surface area contributed by atoms with Crippen molar-refractivity contribution in [3.8, 4) is 0 Å². The van der Waals surface area contributed by atoms with Gasteiger partial charge in [0.25, 0.3) is 5.91 Å². The normalized spacial score (nSPS) is 12.4. The largest absolute Gasteiger partial charge is 0.395 e. The van der Waals surface area contributed by atoms with Gasteiger partial charge < -0.3 is 11.1 Å². The van der Waals surface area contributed by atoms with E-state index in [-0.39, 0.29) is 5.91 Å². The minimum atomic E-state index is -0.136. The van der Waals surface area contributed by atoms with Gasteiger partial charge >= 0.3 is 0 Å². The first-order chi connectivity index (χ1) is 8.51. The second kappa shape index (κ2) is 6.68. The summed E-state index contributed by atoms with van der Waals surface area (Å²) in [5, 5.41) is 7.16. The number of hydrogen-bond donors (Lipinski definition) is 2. The standard InChI is InChI=1S/C12H22N4OS/c1-5-16-11(10(13)9(3)15-16)12(17)14-6-8(2)7-18-4/h8H,5-7,13H2,1-4H3,(H,14,17). The average molecular weight is 270 g/mol. The highest BCUT2D eigenvalue weighted by atomic mass is 32.2. The van der Waals surface area contributed by atoms with Crippen molar-refractivity contribution in [2.45, 2.75) is 27.3 Å². The summed E-state index contributed by atoms with van der Waals surface area (Å²) in [5.74, 6) is 1.34. The predicted octanol–water partition coefficient (Wildman–Crippen LogP) is 1.52. The number of carbonyl (C=O) groups excluding carboxylic acids is 1. The van der Waals surface area contributed by atoms with E-state index in [1.165, 1.54) is 0 Å². The molecule has 0 aromatic carbocycles. The molecule has 1 aromatic rings. The molecule has 0 aliphatic carbocycles. The van der Waals surface area contributed by atoms with E-state index in [0.717, 1.165) is 5.75 Å². The molecule has 0 radical (unpaired) electrons. The van der Waals surface area contributed by atoms with Crippen LogP contribution in [0, 0.1) is 12.8 Å². The first-order valence-corrected chi connectivity index (χ1v) is 7.50. The van der Waals surface area contributed by atoms with Crippen molar-refractivity contribution in [3.63, 3.8) is 0 Å². The Balaban J connectivity index is 2.72. The molecule has 18 heavy (non-hydrogen) atoms. The summed E-state index contributed by atoms with van der Waals surface area (Å²) in [6.07, 6.45) is 2.06. The number of nitrogens with zero attached hydrogens (tertiary/aromatic N) is 2. The summed E-state index contributed by atoms with van der Waals surface area (Å²) in [7, 11) is 0. The van der Waals surface area contributed by atoms with Gasteiger partial charge in [0.05, 0.1) is 11.4 Å². The molecule has 5 nitrogen and oxygen atoms in total. The third kappa shape index (κ3) is 3.41. The molecule has 0 spiro atoms. The number of nitrogens with one attached hydrogen (secondary N) is 1. The minimum absolute atomic E-state index is 0.136. The summed E-state index contributed by atoms with van der Waals surface area (Å²) in [4.78, 5) is 12.1. The fourth-order valence-electron chi connectivity index (χ4n) is 1.76. The molecular weight excluding hydrogens is 248 g/mol. The number of hydrogen-bond acceptors (Lipinski definition) is 4. The second-order valence-corrected chi connectivity index (χ2v) is 5.34. The summed E-state index contributed by atoms with van der Waals surface area (Å²) >= 11 is 1.78. The maximum Gasteiger partial charge on any atom is 0.271 e. The Bertz CT molecular complexity index is 416. The number of carbonyl (C=O) groups is 1. The number of rotatable bonds is 6. The van der Waals surface area contributed by atoms with Crippen LogP contribution in [0.1, 0.15) is 30.0 Å². The van der Waals surface area contributed by atoms with E-state index in [1.54, 1.807) is 16.4 Å². The number of aromatic nitrogens is 2. The SMILES string of the molecule is CCn1nc(C)c(N)c1C(=O)NCC(C)CSC. The third-order valence-corrected chi connectivity index (χ3v) is 3.65. The Morgan fingerprint density at radius 1 is 1.61 bits per heavy atom.